The zero-order valence-electron chi connectivity index (χ0n) is 16.8. The van der Waals surface area contributed by atoms with Gasteiger partial charge in [0, 0.05) is 28.2 Å². The molecule has 3 heterocycles. The van der Waals surface area contributed by atoms with Crippen LogP contribution in [-0.2, 0) is 0 Å². The summed E-state index contributed by atoms with van der Waals surface area (Å²) in [6, 6.07) is 25.9. The normalized spacial score (nSPS) is 13.4. The third kappa shape index (κ3) is 2.20. The van der Waals surface area contributed by atoms with E-state index >= 15 is 0 Å². The largest absolute Gasteiger partial charge is 0.474 e. The molecule has 3 aromatic carbocycles. The first-order chi connectivity index (χ1) is 14.8. The molecule has 0 spiro atoms. The molecular weight excluding hydrogens is 365 g/mol. The summed E-state index contributed by atoms with van der Waals surface area (Å²) in [5, 5.41) is 0. The third-order valence-electron chi connectivity index (χ3n) is 6.20. The zero-order chi connectivity index (χ0) is 20.2. The van der Waals surface area contributed by atoms with E-state index in [9.17, 15) is 0 Å². The second-order valence-corrected chi connectivity index (χ2v) is 7.81. The molecule has 0 N–H and O–H groups in total. The minimum atomic E-state index is 0.118. The summed E-state index contributed by atoms with van der Waals surface area (Å²) in [6.07, 6.45) is 5.91. The molecule has 6 rings (SSSR count). The Labute approximate surface area is 176 Å². The maximum Gasteiger partial charge on any atom is 0.293 e. The van der Waals surface area contributed by atoms with Crippen molar-refractivity contribution in [2.24, 2.45) is 0 Å². The smallest absolute Gasteiger partial charge is 0.293 e. The molecular formula is C27H20BNO. The fourth-order valence-electron chi connectivity index (χ4n) is 5.04. The first kappa shape index (κ1) is 17.2. The summed E-state index contributed by atoms with van der Waals surface area (Å²) in [6.45, 7) is 6.00. The molecule has 0 saturated heterocycles. The number of furan rings is 1. The van der Waals surface area contributed by atoms with E-state index < -0.39 is 0 Å². The Bertz CT molecular complexity index is 1330. The number of benzene rings is 3. The van der Waals surface area contributed by atoms with Crippen LogP contribution in [0.4, 0.5) is 17.1 Å². The van der Waals surface area contributed by atoms with Crippen molar-refractivity contribution in [3.63, 3.8) is 0 Å². The molecule has 3 heteroatoms. The summed E-state index contributed by atoms with van der Waals surface area (Å²) >= 11 is 0. The van der Waals surface area contributed by atoms with Gasteiger partial charge in [0.05, 0.1) is 5.66 Å². The first-order valence-corrected chi connectivity index (χ1v) is 10.3. The van der Waals surface area contributed by atoms with Crippen LogP contribution in [0.2, 0.25) is 0 Å². The fourth-order valence-corrected chi connectivity index (χ4v) is 5.04. The molecule has 0 atom stereocenters. The maximum absolute atomic E-state index is 6.42. The lowest BCUT2D eigenvalue weighted by molar-refractivity contribution is 0.564. The van der Waals surface area contributed by atoms with Gasteiger partial charge in [-0.1, -0.05) is 73.3 Å². The number of anilines is 3. The highest BCUT2D eigenvalue weighted by Gasteiger charge is 2.45. The third-order valence-corrected chi connectivity index (χ3v) is 6.20. The Balaban J connectivity index is 1.69. The molecule has 142 valence electrons. The Hall–Kier alpha value is -3.72. The summed E-state index contributed by atoms with van der Waals surface area (Å²) in [5.41, 5.74) is 10.9. The zero-order valence-corrected chi connectivity index (χ0v) is 16.8. The average molecular weight is 385 g/mol. The van der Waals surface area contributed by atoms with Crippen LogP contribution in [0, 0.1) is 6.92 Å². The predicted octanol–water partition coefficient (Wildman–Crippen LogP) is 5.07. The SMILES string of the molecule is C=C/C=C\c1c(C)oc2c1-c1cccc3c1B2c1ccccc1N3c1ccccc1. The van der Waals surface area contributed by atoms with E-state index in [2.05, 4.69) is 97.3 Å². The standard InChI is InChI=1S/C27H20BNO/c1-3-4-13-20-18(2)30-27-25(20)21-14-10-17-24-26(21)28(27)22-15-8-9-16-23(22)29(24)19-11-6-5-7-12-19/h3-17H,1H2,2H3/b13-4-. The Kier molecular flexibility index (Phi) is 3.66. The van der Waals surface area contributed by atoms with Crippen LogP contribution in [0.1, 0.15) is 11.3 Å². The predicted molar refractivity (Wildman–Crippen MR) is 127 cm³/mol. The van der Waals surface area contributed by atoms with Crippen molar-refractivity contribution in [2.45, 2.75) is 6.92 Å². The molecule has 0 radical (unpaired) electrons. The van der Waals surface area contributed by atoms with Crippen LogP contribution in [-0.4, -0.2) is 6.71 Å². The summed E-state index contributed by atoms with van der Waals surface area (Å²) in [5.74, 6) is 0.956. The van der Waals surface area contributed by atoms with Crippen LogP contribution in [0.5, 0.6) is 0 Å². The number of rotatable bonds is 3. The summed E-state index contributed by atoms with van der Waals surface area (Å²) < 4.78 is 6.42. The van der Waals surface area contributed by atoms with Gasteiger partial charge in [-0.15, -0.1) is 0 Å². The van der Waals surface area contributed by atoms with Gasteiger partial charge in [0.25, 0.3) is 6.71 Å². The molecule has 0 fully saturated rings. The van der Waals surface area contributed by atoms with E-state index in [4.69, 9.17) is 4.42 Å². The quantitative estimate of drug-likeness (QED) is 0.313. The van der Waals surface area contributed by atoms with Crippen molar-refractivity contribution in [3.05, 3.63) is 103 Å². The number of nitrogens with zero attached hydrogens (tertiary/aromatic N) is 1. The van der Waals surface area contributed by atoms with Crippen molar-refractivity contribution >= 4 is 46.4 Å². The van der Waals surface area contributed by atoms with Crippen molar-refractivity contribution < 1.29 is 4.42 Å². The average Bonchev–Trinajstić information content (AvgIpc) is 3.27. The number of hydrogen-bond acceptors (Lipinski definition) is 2. The van der Waals surface area contributed by atoms with Crippen LogP contribution in [0.3, 0.4) is 0 Å². The van der Waals surface area contributed by atoms with Crippen LogP contribution < -0.4 is 21.5 Å². The number of aryl methyl sites for hydroxylation is 1. The maximum atomic E-state index is 6.42. The Morgan fingerprint density at radius 3 is 2.50 bits per heavy atom. The van der Waals surface area contributed by atoms with Gasteiger partial charge < -0.3 is 9.32 Å². The summed E-state index contributed by atoms with van der Waals surface area (Å²) in [4.78, 5) is 2.38. The molecule has 0 amide bonds. The van der Waals surface area contributed by atoms with Crippen LogP contribution >= 0.6 is 0 Å². The molecule has 30 heavy (non-hydrogen) atoms. The van der Waals surface area contributed by atoms with Gasteiger partial charge in [-0.2, -0.15) is 0 Å². The lowest BCUT2D eigenvalue weighted by Gasteiger charge is -2.35. The van der Waals surface area contributed by atoms with E-state index in [-0.39, 0.29) is 6.71 Å². The fraction of sp³-hybridized carbons (Fsp3) is 0.0370. The minimum absolute atomic E-state index is 0.118. The van der Waals surface area contributed by atoms with E-state index in [0.29, 0.717) is 0 Å². The van der Waals surface area contributed by atoms with Gasteiger partial charge in [0.1, 0.15) is 5.76 Å². The molecule has 2 aliphatic rings. The van der Waals surface area contributed by atoms with Crippen molar-refractivity contribution in [1.82, 2.24) is 0 Å². The van der Waals surface area contributed by atoms with Crippen LogP contribution in [0.25, 0.3) is 17.2 Å². The number of para-hydroxylation sites is 2. The van der Waals surface area contributed by atoms with Crippen molar-refractivity contribution in [2.75, 3.05) is 4.90 Å². The lowest BCUT2D eigenvalue weighted by Crippen LogP contribution is -2.54. The van der Waals surface area contributed by atoms with Crippen molar-refractivity contribution in [3.8, 4) is 11.1 Å². The van der Waals surface area contributed by atoms with E-state index in [0.717, 1.165) is 17.0 Å². The number of allylic oxidation sites excluding steroid dienone is 2. The molecule has 0 unspecified atom stereocenters. The second kappa shape index (κ2) is 6.40. The van der Waals surface area contributed by atoms with Gasteiger partial charge >= 0.3 is 0 Å². The number of fused-ring (bicyclic) bond motifs is 5. The van der Waals surface area contributed by atoms with Gasteiger partial charge in [-0.05, 0) is 47.7 Å². The molecule has 4 aromatic rings. The second-order valence-electron chi connectivity index (χ2n) is 7.81. The minimum Gasteiger partial charge on any atom is -0.474 e. The van der Waals surface area contributed by atoms with Gasteiger partial charge in [0.15, 0.2) is 0 Å². The van der Waals surface area contributed by atoms with Crippen LogP contribution in [0.15, 0.2) is 95.9 Å². The Morgan fingerprint density at radius 2 is 1.67 bits per heavy atom. The Morgan fingerprint density at radius 1 is 0.900 bits per heavy atom. The highest BCUT2D eigenvalue weighted by molar-refractivity contribution is 7.00. The molecule has 2 nitrogen and oxygen atoms in total. The van der Waals surface area contributed by atoms with Gasteiger partial charge in [-0.25, -0.2) is 0 Å². The van der Waals surface area contributed by atoms with E-state index in [1.54, 1.807) is 0 Å². The van der Waals surface area contributed by atoms with E-state index in [1.165, 1.54) is 39.1 Å². The molecule has 0 bridgehead atoms. The molecule has 0 aliphatic carbocycles. The van der Waals surface area contributed by atoms with Gasteiger partial charge in [0.2, 0.25) is 0 Å². The monoisotopic (exact) mass is 385 g/mol. The molecule has 1 aromatic heterocycles. The molecule has 2 aliphatic heterocycles. The van der Waals surface area contributed by atoms with E-state index in [1.807, 2.05) is 12.2 Å². The lowest BCUT2D eigenvalue weighted by atomic mass is 9.39. The first-order valence-electron chi connectivity index (χ1n) is 10.3. The highest BCUT2D eigenvalue weighted by atomic mass is 16.3. The highest BCUT2D eigenvalue weighted by Crippen LogP contribution is 2.41. The molecule has 0 saturated carbocycles. The summed E-state index contributed by atoms with van der Waals surface area (Å²) in [7, 11) is 0. The number of hydrogen-bond donors (Lipinski definition) is 0. The van der Waals surface area contributed by atoms with Crippen molar-refractivity contribution in [1.29, 1.82) is 0 Å². The topological polar surface area (TPSA) is 16.4 Å². The van der Waals surface area contributed by atoms with Gasteiger partial charge in [-0.3, -0.25) is 0 Å².